The van der Waals surface area contributed by atoms with Crippen LogP contribution < -0.4 is 11.1 Å². The molecule has 0 saturated heterocycles. The van der Waals surface area contributed by atoms with Crippen molar-refractivity contribution in [2.45, 2.75) is 44.6 Å². The number of hydrogen-bond donors (Lipinski definition) is 3. The molecular weight excluding hydrogens is 240 g/mol. The maximum atomic E-state index is 11.3. The largest absolute Gasteiger partial charge is 0.390 e. The molecule has 0 spiro atoms. The highest BCUT2D eigenvalue weighted by molar-refractivity contribution is 5.98. The van der Waals surface area contributed by atoms with Crippen molar-refractivity contribution in [2.24, 2.45) is 5.73 Å². The fourth-order valence-electron chi connectivity index (χ4n) is 2.73. The third kappa shape index (κ3) is 3.47. The third-order valence-corrected chi connectivity index (χ3v) is 3.88. The summed E-state index contributed by atoms with van der Waals surface area (Å²) in [5, 5.41) is 13.5. The fraction of sp³-hybridized carbons (Fsp3) is 0.533. The van der Waals surface area contributed by atoms with Crippen LogP contribution in [0.5, 0.6) is 0 Å². The van der Waals surface area contributed by atoms with Crippen LogP contribution in [0.3, 0.4) is 0 Å². The molecule has 0 unspecified atom stereocenters. The Morgan fingerprint density at radius 1 is 1.42 bits per heavy atom. The normalized spacial score (nSPS) is 17.4. The molecular formula is C15H22N2O2. The molecule has 1 aliphatic carbocycles. The molecule has 1 aromatic carbocycles. The Bertz CT molecular complexity index is 465. The summed E-state index contributed by atoms with van der Waals surface area (Å²) < 4.78 is 0. The maximum absolute atomic E-state index is 11.3. The zero-order valence-electron chi connectivity index (χ0n) is 11.4. The van der Waals surface area contributed by atoms with Crippen LogP contribution in [0.25, 0.3) is 0 Å². The van der Waals surface area contributed by atoms with E-state index in [-0.39, 0.29) is 0 Å². The van der Waals surface area contributed by atoms with Gasteiger partial charge in [-0.25, -0.2) is 0 Å². The van der Waals surface area contributed by atoms with Crippen molar-refractivity contribution in [3.05, 3.63) is 29.3 Å². The lowest BCUT2D eigenvalue weighted by atomic mass is 9.98. The minimum atomic E-state index is -0.524. The second kappa shape index (κ2) is 5.61. The van der Waals surface area contributed by atoms with E-state index in [0.29, 0.717) is 18.5 Å². The Kier molecular flexibility index (Phi) is 4.10. The molecule has 0 aromatic heterocycles. The van der Waals surface area contributed by atoms with Crippen molar-refractivity contribution in [1.82, 2.24) is 0 Å². The molecule has 104 valence electrons. The monoisotopic (exact) mass is 262 g/mol. The van der Waals surface area contributed by atoms with Crippen molar-refractivity contribution in [3.63, 3.8) is 0 Å². The Hall–Kier alpha value is -1.55. The van der Waals surface area contributed by atoms with Gasteiger partial charge in [0, 0.05) is 12.2 Å². The van der Waals surface area contributed by atoms with Crippen LogP contribution in [-0.2, 0) is 0 Å². The molecule has 4 nitrogen and oxygen atoms in total. The fourth-order valence-corrected chi connectivity index (χ4v) is 2.73. The summed E-state index contributed by atoms with van der Waals surface area (Å²) in [4.78, 5) is 11.3. The van der Waals surface area contributed by atoms with Gasteiger partial charge in [0.2, 0.25) is 0 Å². The van der Waals surface area contributed by atoms with E-state index in [9.17, 15) is 9.90 Å². The minimum absolute atomic E-state index is 0.429. The van der Waals surface area contributed by atoms with E-state index in [4.69, 9.17) is 5.73 Å². The van der Waals surface area contributed by atoms with Gasteiger partial charge in [-0.15, -0.1) is 0 Å². The van der Waals surface area contributed by atoms with Crippen molar-refractivity contribution >= 4 is 11.6 Å². The summed E-state index contributed by atoms with van der Waals surface area (Å²) in [6, 6.07) is 5.53. The SMILES string of the molecule is Cc1ccc(C(N)=O)c(NCCC2(O)CCCC2)c1. The molecule has 19 heavy (non-hydrogen) atoms. The number of aliphatic hydroxyl groups is 1. The highest BCUT2D eigenvalue weighted by Gasteiger charge is 2.30. The minimum Gasteiger partial charge on any atom is -0.390 e. The van der Waals surface area contributed by atoms with Gasteiger partial charge in [0.25, 0.3) is 5.91 Å². The van der Waals surface area contributed by atoms with Crippen LogP contribution in [0.2, 0.25) is 0 Å². The quantitative estimate of drug-likeness (QED) is 0.761. The third-order valence-electron chi connectivity index (χ3n) is 3.88. The number of benzene rings is 1. The number of amides is 1. The topological polar surface area (TPSA) is 75.4 Å². The number of anilines is 1. The lowest BCUT2D eigenvalue weighted by Gasteiger charge is -2.22. The Morgan fingerprint density at radius 2 is 2.11 bits per heavy atom. The zero-order valence-corrected chi connectivity index (χ0v) is 11.4. The molecule has 1 aliphatic rings. The molecule has 0 bridgehead atoms. The van der Waals surface area contributed by atoms with Gasteiger partial charge in [0.1, 0.15) is 0 Å². The number of rotatable bonds is 5. The summed E-state index contributed by atoms with van der Waals surface area (Å²) in [5.74, 6) is -0.429. The highest BCUT2D eigenvalue weighted by Crippen LogP contribution is 2.32. The molecule has 4 N–H and O–H groups in total. The molecule has 1 saturated carbocycles. The molecule has 0 aliphatic heterocycles. The summed E-state index contributed by atoms with van der Waals surface area (Å²) in [5.41, 5.74) is 7.17. The van der Waals surface area contributed by atoms with Gasteiger partial charge in [0.05, 0.1) is 11.2 Å². The van der Waals surface area contributed by atoms with Gasteiger partial charge < -0.3 is 16.2 Å². The average molecular weight is 262 g/mol. The lowest BCUT2D eigenvalue weighted by Crippen LogP contribution is -2.27. The number of nitrogens with two attached hydrogens (primary N) is 1. The van der Waals surface area contributed by atoms with Gasteiger partial charge in [-0.1, -0.05) is 18.9 Å². The number of carbonyl (C=O) groups excluding carboxylic acids is 1. The first-order chi connectivity index (χ1) is 9.00. The molecule has 0 heterocycles. The summed E-state index contributed by atoms with van der Waals surface area (Å²) in [6.07, 6.45) is 4.68. The van der Waals surface area contributed by atoms with Crippen molar-refractivity contribution in [1.29, 1.82) is 0 Å². The average Bonchev–Trinajstić information content (AvgIpc) is 2.76. The number of nitrogens with one attached hydrogen (secondary N) is 1. The first-order valence-corrected chi connectivity index (χ1v) is 6.87. The van der Waals surface area contributed by atoms with Crippen LogP contribution in [0.4, 0.5) is 5.69 Å². The van der Waals surface area contributed by atoms with E-state index in [1.54, 1.807) is 6.07 Å². The smallest absolute Gasteiger partial charge is 0.250 e. The van der Waals surface area contributed by atoms with E-state index < -0.39 is 11.5 Å². The molecule has 2 rings (SSSR count). The number of hydrogen-bond acceptors (Lipinski definition) is 3. The van der Waals surface area contributed by atoms with Crippen molar-refractivity contribution in [2.75, 3.05) is 11.9 Å². The standard InChI is InChI=1S/C15H22N2O2/c1-11-4-5-12(14(16)18)13(10-11)17-9-8-15(19)6-2-3-7-15/h4-5,10,17,19H,2-3,6-9H2,1H3,(H2,16,18). The van der Waals surface area contributed by atoms with Gasteiger partial charge in [-0.2, -0.15) is 0 Å². The summed E-state index contributed by atoms with van der Waals surface area (Å²) in [6.45, 7) is 2.63. The van der Waals surface area contributed by atoms with Gasteiger partial charge in [-0.05, 0) is 43.9 Å². The summed E-state index contributed by atoms with van der Waals surface area (Å²) in [7, 11) is 0. The van der Waals surface area contributed by atoms with Gasteiger partial charge >= 0.3 is 0 Å². The zero-order chi connectivity index (χ0) is 13.9. The van der Waals surface area contributed by atoms with E-state index in [2.05, 4.69) is 5.32 Å². The molecule has 0 radical (unpaired) electrons. The predicted octanol–water partition coefficient (Wildman–Crippen LogP) is 2.20. The van der Waals surface area contributed by atoms with Gasteiger partial charge in [-0.3, -0.25) is 4.79 Å². The van der Waals surface area contributed by atoms with Crippen LogP contribution >= 0.6 is 0 Å². The molecule has 1 aromatic rings. The maximum Gasteiger partial charge on any atom is 0.250 e. The first kappa shape index (κ1) is 13.9. The van der Waals surface area contributed by atoms with Crippen LogP contribution in [-0.4, -0.2) is 23.2 Å². The van der Waals surface area contributed by atoms with Crippen molar-refractivity contribution in [3.8, 4) is 0 Å². The molecule has 1 amide bonds. The lowest BCUT2D eigenvalue weighted by molar-refractivity contribution is 0.0424. The highest BCUT2D eigenvalue weighted by atomic mass is 16.3. The Morgan fingerprint density at radius 3 is 2.74 bits per heavy atom. The second-order valence-corrected chi connectivity index (χ2v) is 5.52. The Labute approximate surface area is 114 Å². The van der Waals surface area contributed by atoms with E-state index in [0.717, 1.165) is 36.9 Å². The molecule has 0 atom stereocenters. The summed E-state index contributed by atoms with van der Waals surface area (Å²) >= 11 is 0. The van der Waals surface area contributed by atoms with Crippen LogP contribution in [0, 0.1) is 6.92 Å². The second-order valence-electron chi connectivity index (χ2n) is 5.52. The first-order valence-electron chi connectivity index (χ1n) is 6.87. The predicted molar refractivity (Wildman–Crippen MR) is 76.2 cm³/mol. The van der Waals surface area contributed by atoms with E-state index in [1.807, 2.05) is 19.1 Å². The van der Waals surface area contributed by atoms with Crippen molar-refractivity contribution < 1.29 is 9.90 Å². The van der Waals surface area contributed by atoms with Gasteiger partial charge in [0.15, 0.2) is 0 Å². The van der Waals surface area contributed by atoms with Crippen LogP contribution in [0.1, 0.15) is 48.0 Å². The number of carbonyl (C=O) groups is 1. The number of aryl methyl sites for hydroxylation is 1. The molecule has 4 heteroatoms. The Balaban J connectivity index is 1.98. The van der Waals surface area contributed by atoms with E-state index >= 15 is 0 Å². The molecule has 1 fully saturated rings. The van der Waals surface area contributed by atoms with Crippen LogP contribution in [0.15, 0.2) is 18.2 Å². The number of primary amides is 1. The van der Waals surface area contributed by atoms with E-state index in [1.165, 1.54) is 0 Å².